The van der Waals surface area contributed by atoms with Crippen LogP contribution in [0.5, 0.6) is 0 Å². The van der Waals surface area contributed by atoms with E-state index in [1.807, 2.05) is 6.08 Å². The molecule has 0 bridgehead atoms. The number of methoxy groups -OCH3 is 1. The van der Waals surface area contributed by atoms with E-state index in [-0.39, 0.29) is 6.10 Å². The fraction of sp³-hybridized carbons (Fsp3) is 0.667. The number of allylic oxidation sites excluding steroid dienone is 3. The minimum absolute atomic E-state index is 0.161. The minimum atomic E-state index is -0.161. The number of rotatable bonds is 5. The van der Waals surface area contributed by atoms with Crippen LogP contribution in [-0.2, 0) is 4.74 Å². The third-order valence-electron chi connectivity index (χ3n) is 2.55. The molecule has 0 radical (unpaired) electrons. The molecule has 1 N–H and O–H groups in total. The second-order valence-corrected chi connectivity index (χ2v) is 3.85. The highest BCUT2D eigenvalue weighted by Crippen LogP contribution is 2.22. The first kappa shape index (κ1) is 11.3. The molecule has 0 saturated heterocycles. The first-order valence-corrected chi connectivity index (χ1v) is 5.36. The lowest BCUT2D eigenvalue weighted by molar-refractivity contribution is 0.139. The average molecular weight is 196 g/mol. The van der Waals surface area contributed by atoms with Gasteiger partial charge >= 0.3 is 0 Å². The summed E-state index contributed by atoms with van der Waals surface area (Å²) >= 11 is 0. The summed E-state index contributed by atoms with van der Waals surface area (Å²) < 4.78 is 5.16. The summed E-state index contributed by atoms with van der Waals surface area (Å²) in [4.78, 5) is 0. The Morgan fingerprint density at radius 2 is 2.43 bits per heavy atom. The third-order valence-corrected chi connectivity index (χ3v) is 2.55. The van der Waals surface area contributed by atoms with Gasteiger partial charge in [0.05, 0.1) is 13.2 Å². The lowest BCUT2D eigenvalue weighted by Gasteiger charge is -2.18. The molecule has 0 aromatic heterocycles. The van der Waals surface area contributed by atoms with E-state index >= 15 is 0 Å². The summed E-state index contributed by atoms with van der Waals surface area (Å²) in [5.74, 6) is 1.36. The zero-order valence-electron chi connectivity index (χ0n) is 9.07. The van der Waals surface area contributed by atoms with Gasteiger partial charge in [-0.3, -0.25) is 0 Å². The molecule has 1 aliphatic rings. The van der Waals surface area contributed by atoms with E-state index < -0.39 is 0 Å². The molecule has 0 amide bonds. The smallest absolute Gasteiger partial charge is 0.114 e. The van der Waals surface area contributed by atoms with Gasteiger partial charge in [-0.05, 0) is 37.3 Å². The van der Waals surface area contributed by atoms with Crippen molar-refractivity contribution in [3.8, 4) is 0 Å². The Labute approximate surface area is 86.3 Å². The summed E-state index contributed by atoms with van der Waals surface area (Å²) in [5.41, 5.74) is 0. The summed E-state index contributed by atoms with van der Waals surface area (Å²) in [7, 11) is 1.68. The number of ether oxygens (including phenoxy) is 1. The van der Waals surface area contributed by atoms with E-state index in [9.17, 15) is 5.11 Å². The molecule has 0 spiro atoms. The Bertz CT molecular complexity index is 218. The highest BCUT2D eigenvalue weighted by atomic mass is 16.5. The normalized spacial score (nSPS) is 23.1. The molecule has 80 valence electrons. The fourth-order valence-corrected chi connectivity index (χ4v) is 1.82. The molecule has 1 rings (SSSR count). The fourth-order valence-electron chi connectivity index (χ4n) is 1.82. The molecular formula is C12H20O2. The van der Waals surface area contributed by atoms with Crippen molar-refractivity contribution >= 4 is 0 Å². The first-order valence-electron chi connectivity index (χ1n) is 5.36. The first-order chi connectivity index (χ1) is 6.76. The molecule has 0 heterocycles. The molecular weight excluding hydrogens is 176 g/mol. The van der Waals surface area contributed by atoms with Crippen molar-refractivity contribution in [1.82, 2.24) is 0 Å². The molecule has 14 heavy (non-hydrogen) atoms. The maximum Gasteiger partial charge on any atom is 0.114 e. The van der Waals surface area contributed by atoms with Crippen molar-refractivity contribution < 1.29 is 9.84 Å². The van der Waals surface area contributed by atoms with Crippen LogP contribution in [0.4, 0.5) is 0 Å². The molecule has 0 saturated carbocycles. The Hall–Kier alpha value is -0.760. The van der Waals surface area contributed by atoms with Gasteiger partial charge in [0.2, 0.25) is 0 Å². The van der Waals surface area contributed by atoms with Crippen molar-refractivity contribution in [3.05, 3.63) is 24.0 Å². The van der Waals surface area contributed by atoms with Gasteiger partial charge in [-0.1, -0.05) is 19.4 Å². The highest BCUT2D eigenvalue weighted by Gasteiger charge is 2.14. The molecule has 2 atom stereocenters. The SMILES string of the molecule is CCC[C@H](O)CC1C=C(OC)C=CC1. The lowest BCUT2D eigenvalue weighted by atomic mass is 9.92. The van der Waals surface area contributed by atoms with Gasteiger partial charge in [-0.15, -0.1) is 0 Å². The summed E-state index contributed by atoms with van der Waals surface area (Å²) in [6.45, 7) is 2.10. The monoisotopic (exact) mass is 196 g/mol. The molecule has 1 aliphatic carbocycles. The number of hydrogen-bond acceptors (Lipinski definition) is 2. The molecule has 2 heteroatoms. The lowest BCUT2D eigenvalue weighted by Crippen LogP contribution is -2.13. The van der Waals surface area contributed by atoms with Crippen LogP contribution in [0.3, 0.4) is 0 Å². The predicted molar refractivity (Wildman–Crippen MR) is 57.9 cm³/mol. The van der Waals surface area contributed by atoms with Crippen LogP contribution in [-0.4, -0.2) is 18.3 Å². The van der Waals surface area contributed by atoms with Crippen molar-refractivity contribution in [3.63, 3.8) is 0 Å². The van der Waals surface area contributed by atoms with E-state index in [0.717, 1.165) is 31.4 Å². The van der Waals surface area contributed by atoms with Gasteiger partial charge in [-0.2, -0.15) is 0 Å². The van der Waals surface area contributed by atoms with Crippen LogP contribution in [0, 0.1) is 5.92 Å². The maximum atomic E-state index is 9.67. The Kier molecular flexibility index (Phi) is 4.74. The molecule has 0 aromatic rings. The zero-order valence-corrected chi connectivity index (χ0v) is 9.07. The Balaban J connectivity index is 2.39. The third kappa shape index (κ3) is 3.54. The van der Waals surface area contributed by atoms with Crippen LogP contribution >= 0.6 is 0 Å². The molecule has 0 aromatic carbocycles. The van der Waals surface area contributed by atoms with Crippen molar-refractivity contribution in [2.45, 2.75) is 38.7 Å². The average Bonchev–Trinajstić information content (AvgIpc) is 2.18. The minimum Gasteiger partial charge on any atom is -0.497 e. The quantitative estimate of drug-likeness (QED) is 0.732. The molecule has 0 fully saturated rings. The molecule has 1 unspecified atom stereocenters. The number of aliphatic hydroxyl groups is 1. The van der Waals surface area contributed by atoms with E-state index in [4.69, 9.17) is 4.74 Å². The Morgan fingerprint density at radius 3 is 3.07 bits per heavy atom. The zero-order chi connectivity index (χ0) is 10.4. The van der Waals surface area contributed by atoms with E-state index in [1.165, 1.54) is 0 Å². The highest BCUT2D eigenvalue weighted by molar-refractivity contribution is 5.18. The van der Waals surface area contributed by atoms with Crippen molar-refractivity contribution in [2.24, 2.45) is 5.92 Å². The van der Waals surface area contributed by atoms with Gasteiger partial charge in [0, 0.05) is 0 Å². The van der Waals surface area contributed by atoms with Gasteiger partial charge in [0.1, 0.15) is 5.76 Å². The Morgan fingerprint density at radius 1 is 1.64 bits per heavy atom. The van der Waals surface area contributed by atoms with Crippen molar-refractivity contribution in [1.29, 1.82) is 0 Å². The second kappa shape index (κ2) is 5.86. The summed E-state index contributed by atoms with van der Waals surface area (Å²) in [6, 6.07) is 0. The van der Waals surface area contributed by atoms with Crippen LogP contribution in [0.25, 0.3) is 0 Å². The topological polar surface area (TPSA) is 29.5 Å². The summed E-state index contributed by atoms with van der Waals surface area (Å²) in [5, 5.41) is 9.67. The van der Waals surface area contributed by atoms with E-state index in [0.29, 0.717) is 5.92 Å². The largest absolute Gasteiger partial charge is 0.497 e. The van der Waals surface area contributed by atoms with E-state index in [2.05, 4.69) is 19.1 Å². The van der Waals surface area contributed by atoms with Crippen LogP contribution in [0.15, 0.2) is 24.0 Å². The number of hydrogen-bond donors (Lipinski definition) is 1. The van der Waals surface area contributed by atoms with Crippen LogP contribution < -0.4 is 0 Å². The number of aliphatic hydroxyl groups excluding tert-OH is 1. The standard InChI is InChI=1S/C12H20O2/c1-3-5-11(13)8-10-6-4-7-12(9-10)14-2/h4,7,9-11,13H,3,5-6,8H2,1-2H3/t10?,11-/m0/s1. The van der Waals surface area contributed by atoms with E-state index in [1.54, 1.807) is 7.11 Å². The van der Waals surface area contributed by atoms with Gasteiger partial charge in [0.25, 0.3) is 0 Å². The molecule has 2 nitrogen and oxygen atoms in total. The molecule has 0 aliphatic heterocycles. The van der Waals surface area contributed by atoms with Crippen molar-refractivity contribution in [2.75, 3.05) is 7.11 Å². The van der Waals surface area contributed by atoms with Crippen LogP contribution in [0.2, 0.25) is 0 Å². The van der Waals surface area contributed by atoms with Gasteiger partial charge in [0.15, 0.2) is 0 Å². The van der Waals surface area contributed by atoms with Gasteiger partial charge < -0.3 is 9.84 Å². The van der Waals surface area contributed by atoms with Crippen LogP contribution in [0.1, 0.15) is 32.6 Å². The van der Waals surface area contributed by atoms with Gasteiger partial charge in [-0.25, -0.2) is 0 Å². The predicted octanol–water partition coefficient (Wildman–Crippen LogP) is 2.64. The summed E-state index contributed by atoms with van der Waals surface area (Å²) in [6.07, 6.45) is 9.87. The second-order valence-electron chi connectivity index (χ2n) is 3.85. The maximum absolute atomic E-state index is 9.67.